The van der Waals surface area contributed by atoms with Gasteiger partial charge in [0.05, 0.1) is 11.1 Å². The van der Waals surface area contributed by atoms with Crippen LogP contribution in [0.25, 0.3) is 55.4 Å². The fourth-order valence-corrected chi connectivity index (χ4v) is 5.85. The molecule has 0 N–H and O–H groups in total. The van der Waals surface area contributed by atoms with Crippen LogP contribution in [0.2, 0.25) is 0 Å². The predicted octanol–water partition coefficient (Wildman–Crippen LogP) is 8.98. The lowest BCUT2D eigenvalue weighted by Gasteiger charge is -2.14. The molecule has 1 aliphatic rings. The summed E-state index contributed by atoms with van der Waals surface area (Å²) in [6, 6.07) is 26.4. The van der Waals surface area contributed by atoms with E-state index in [9.17, 15) is 0 Å². The summed E-state index contributed by atoms with van der Waals surface area (Å²) in [6.45, 7) is 5.24. The molecule has 0 saturated heterocycles. The summed E-state index contributed by atoms with van der Waals surface area (Å²) < 4.78 is 59.4. The fraction of sp³-hybridized carbons (Fsp3) is 0.194. The number of fused-ring (bicyclic) bond motifs is 4. The van der Waals surface area contributed by atoms with Gasteiger partial charge in [0, 0.05) is 27.9 Å². The van der Waals surface area contributed by atoms with E-state index in [0.717, 1.165) is 38.7 Å². The number of furan rings is 1. The van der Waals surface area contributed by atoms with Crippen molar-refractivity contribution in [1.29, 1.82) is 0 Å². The van der Waals surface area contributed by atoms with E-state index in [0.29, 0.717) is 22.3 Å². The molecule has 0 amide bonds. The van der Waals surface area contributed by atoms with Crippen LogP contribution in [0.3, 0.4) is 0 Å². The molecule has 39 heavy (non-hydrogen) atoms. The number of hydrogen-bond donors (Lipinski definition) is 0. The van der Waals surface area contributed by atoms with E-state index in [1.807, 2.05) is 38.2 Å². The van der Waals surface area contributed by atoms with Crippen LogP contribution >= 0.6 is 0 Å². The fourth-order valence-electron chi connectivity index (χ4n) is 5.85. The van der Waals surface area contributed by atoms with Gasteiger partial charge in [-0.2, -0.15) is 0 Å². The smallest absolute Gasteiger partial charge is 0.216 e. The zero-order chi connectivity index (χ0) is 30.5. The molecular weight excluding hydrogens is 481 g/mol. The summed E-state index contributed by atoms with van der Waals surface area (Å²) in [6.07, 6.45) is -1.74. The predicted molar refractivity (Wildman–Crippen MR) is 157 cm³/mol. The number of aromatic nitrogens is 1. The first kappa shape index (κ1) is 19.8. The highest BCUT2D eigenvalue weighted by Crippen LogP contribution is 2.43. The quantitative estimate of drug-likeness (QED) is 0.215. The molecule has 0 bridgehead atoms. The highest BCUT2D eigenvalue weighted by atomic mass is 19.1. The molecule has 6 aromatic rings. The van der Waals surface area contributed by atoms with E-state index < -0.39 is 24.0 Å². The third kappa shape index (κ3) is 3.87. The minimum Gasteiger partial charge on any atom is -0.454 e. The van der Waals surface area contributed by atoms with Crippen molar-refractivity contribution in [2.45, 2.75) is 33.5 Å². The number of rotatable bonds is 3. The Hall–Kier alpha value is -4.24. The molecule has 0 spiro atoms. The molecule has 192 valence electrons. The number of benzene rings is 4. The lowest BCUT2D eigenvalue weighted by atomic mass is 9.90. The van der Waals surface area contributed by atoms with Gasteiger partial charge < -0.3 is 4.42 Å². The van der Waals surface area contributed by atoms with Gasteiger partial charge >= 0.3 is 0 Å². The summed E-state index contributed by atoms with van der Waals surface area (Å²) in [5.41, 5.74) is 6.08. The Morgan fingerprint density at radius 2 is 1.46 bits per heavy atom. The molecule has 4 aromatic carbocycles. The van der Waals surface area contributed by atoms with Crippen molar-refractivity contribution in [3.05, 3.63) is 114 Å². The summed E-state index contributed by atoms with van der Waals surface area (Å²) in [5, 5.41) is 1.62. The first-order valence-corrected chi connectivity index (χ1v) is 13.2. The minimum atomic E-state index is -1.95. The molecule has 1 aliphatic carbocycles. The third-order valence-corrected chi connectivity index (χ3v) is 7.67. The first-order valence-electron chi connectivity index (χ1n) is 15.2. The van der Waals surface area contributed by atoms with Gasteiger partial charge in [-0.3, -0.25) is 0 Å². The van der Waals surface area contributed by atoms with Crippen molar-refractivity contribution < 1.29 is 18.9 Å². The molecule has 7 rings (SSSR count). The normalized spacial score (nSPS) is 18.4. The minimum absolute atomic E-state index is 0.241. The summed E-state index contributed by atoms with van der Waals surface area (Å²) >= 11 is 0. The lowest BCUT2D eigenvalue weighted by molar-refractivity contribution is -0.659. The Balaban J connectivity index is 1.44. The maximum atomic E-state index is 15.7. The number of hydrogen-bond acceptors (Lipinski definition) is 1. The Morgan fingerprint density at radius 1 is 0.769 bits per heavy atom. The molecule has 0 saturated carbocycles. The van der Waals surface area contributed by atoms with E-state index in [1.165, 1.54) is 6.07 Å². The zero-order valence-corrected chi connectivity index (χ0v) is 22.4. The number of pyridine rings is 1. The molecular formula is C36H31FNO+. The van der Waals surface area contributed by atoms with Crippen LogP contribution in [0.1, 0.15) is 36.0 Å². The van der Waals surface area contributed by atoms with E-state index in [-0.39, 0.29) is 11.1 Å². The first-order chi connectivity index (χ1) is 20.3. The molecule has 2 aromatic heterocycles. The number of aryl methyl sites for hydroxylation is 2. The van der Waals surface area contributed by atoms with Crippen LogP contribution in [0.4, 0.5) is 4.39 Å². The lowest BCUT2D eigenvalue weighted by Crippen LogP contribution is -2.30. The van der Waals surface area contributed by atoms with Crippen LogP contribution in [-0.4, -0.2) is 0 Å². The van der Waals surface area contributed by atoms with Crippen LogP contribution in [0, 0.1) is 18.2 Å². The molecule has 0 fully saturated rings. The van der Waals surface area contributed by atoms with E-state index in [1.54, 1.807) is 38.1 Å². The average Bonchev–Trinajstić information content (AvgIpc) is 3.39. The number of halogens is 1. The second-order valence-corrected chi connectivity index (χ2v) is 11.0. The van der Waals surface area contributed by atoms with Gasteiger partial charge in [0.1, 0.15) is 24.0 Å². The highest BCUT2D eigenvalue weighted by Gasteiger charge is 2.29. The zero-order valence-electron chi connectivity index (χ0n) is 26.4. The topological polar surface area (TPSA) is 17.0 Å². The summed E-state index contributed by atoms with van der Waals surface area (Å²) in [7, 11) is 2.01. The monoisotopic (exact) mass is 516 g/mol. The van der Waals surface area contributed by atoms with E-state index in [4.69, 9.17) is 9.90 Å². The summed E-state index contributed by atoms with van der Waals surface area (Å²) in [4.78, 5) is 0. The highest BCUT2D eigenvalue weighted by molar-refractivity contribution is 6.13. The molecule has 2 heterocycles. The molecule has 2 nitrogen and oxygen atoms in total. The van der Waals surface area contributed by atoms with Gasteiger partial charge in [0.2, 0.25) is 5.69 Å². The van der Waals surface area contributed by atoms with Crippen LogP contribution in [-0.2, 0) is 19.8 Å². The molecule has 3 heteroatoms. The second-order valence-electron chi connectivity index (χ2n) is 11.0. The average molecular weight is 517 g/mol. The van der Waals surface area contributed by atoms with Crippen molar-refractivity contribution in [2.24, 2.45) is 12.5 Å². The molecule has 0 unspecified atom stereocenters. The van der Waals surface area contributed by atoms with Gasteiger partial charge in [-0.1, -0.05) is 74.5 Å². The largest absolute Gasteiger partial charge is 0.454 e. The van der Waals surface area contributed by atoms with Crippen molar-refractivity contribution >= 4 is 21.9 Å². The Bertz CT molecular complexity index is 2100. The Kier molecular flexibility index (Phi) is 4.38. The molecule has 0 atom stereocenters. The van der Waals surface area contributed by atoms with E-state index >= 15 is 4.39 Å². The molecule has 0 radical (unpaired) electrons. The number of nitrogens with zero attached hydrogens (tertiary/aromatic N) is 1. The standard InChI is InChI=1S/C36H31FNO/c1-22-10-14-28-29-15-16-30(37)33(24-11-12-25-19-36(2,3)20-27(25)18-24)35(29)39-34(28)32(22)31-17-13-26(21-38(31)4)23-8-6-5-7-9-23/h5-18,21H,19-20H2,1-4H3/q+1/i19D2,20D2. The molecule has 0 aliphatic heterocycles. The Labute approximate surface area is 234 Å². The van der Waals surface area contributed by atoms with Crippen LogP contribution < -0.4 is 4.57 Å². The van der Waals surface area contributed by atoms with Gasteiger partial charge in [-0.25, -0.2) is 8.96 Å². The Morgan fingerprint density at radius 3 is 2.23 bits per heavy atom. The van der Waals surface area contributed by atoms with Crippen molar-refractivity contribution in [3.63, 3.8) is 0 Å². The maximum Gasteiger partial charge on any atom is 0.216 e. The van der Waals surface area contributed by atoms with Crippen LogP contribution in [0.15, 0.2) is 95.5 Å². The van der Waals surface area contributed by atoms with Crippen molar-refractivity contribution in [2.75, 3.05) is 0 Å². The SMILES string of the molecule is [2H]C1([2H])c2ccc(-c3c(F)ccc4c3oc3c(-c5ccc(-c6ccccc6)c[n+]5C)c(C)ccc34)cc2C([2H])([2H])C1(C)C. The van der Waals surface area contributed by atoms with Gasteiger partial charge in [-0.15, -0.1) is 0 Å². The van der Waals surface area contributed by atoms with E-state index in [2.05, 4.69) is 41.1 Å². The van der Waals surface area contributed by atoms with Crippen molar-refractivity contribution in [3.8, 4) is 33.5 Å². The summed E-state index contributed by atoms with van der Waals surface area (Å²) in [5.74, 6) is -0.483. The second kappa shape index (κ2) is 8.64. The van der Waals surface area contributed by atoms with Gasteiger partial charge in [0.15, 0.2) is 6.20 Å². The van der Waals surface area contributed by atoms with Crippen molar-refractivity contribution in [1.82, 2.24) is 0 Å². The van der Waals surface area contributed by atoms with Gasteiger partial charge in [0.25, 0.3) is 0 Å². The van der Waals surface area contributed by atoms with Crippen LogP contribution in [0.5, 0.6) is 0 Å². The third-order valence-electron chi connectivity index (χ3n) is 7.67. The maximum absolute atomic E-state index is 15.7. The van der Waals surface area contributed by atoms with Gasteiger partial charge in [-0.05, 0) is 71.1 Å².